The van der Waals surface area contributed by atoms with Crippen molar-refractivity contribution in [2.45, 2.75) is 25.2 Å². The van der Waals surface area contributed by atoms with Gasteiger partial charge in [-0.15, -0.1) is 11.3 Å². The Bertz CT molecular complexity index is 381. The second kappa shape index (κ2) is 7.92. The number of carbonyl (C=O) groups excluding carboxylic acids is 1. The molecule has 1 saturated heterocycles. The van der Waals surface area contributed by atoms with E-state index in [1.165, 1.54) is 4.88 Å². The molecule has 1 aromatic rings. The van der Waals surface area contributed by atoms with Gasteiger partial charge in [-0.3, -0.25) is 4.79 Å². The molecule has 2 N–H and O–H groups in total. The number of nitrogens with zero attached hydrogens (tertiary/aromatic N) is 1. The molecule has 2 heterocycles. The van der Waals surface area contributed by atoms with Crippen molar-refractivity contribution >= 4 is 29.0 Å². The summed E-state index contributed by atoms with van der Waals surface area (Å²) in [6.45, 7) is 2.58. The normalized spacial score (nSPS) is 19.0. The Morgan fingerprint density at radius 3 is 3.16 bits per heavy atom. The third kappa shape index (κ3) is 4.51. The average Bonchev–Trinajstić information content (AvgIpc) is 3.08. The summed E-state index contributed by atoms with van der Waals surface area (Å²) >= 11 is 3.65. The van der Waals surface area contributed by atoms with Crippen LogP contribution >= 0.6 is 23.1 Å². The van der Waals surface area contributed by atoms with Crippen molar-refractivity contribution < 1.29 is 4.79 Å². The van der Waals surface area contributed by atoms with Crippen molar-refractivity contribution in [3.63, 3.8) is 0 Å². The molecule has 1 fully saturated rings. The zero-order valence-electron chi connectivity index (χ0n) is 11.2. The van der Waals surface area contributed by atoms with E-state index in [0.717, 1.165) is 44.0 Å². The molecule has 0 aromatic carbocycles. The molecule has 0 aliphatic carbocycles. The average molecular weight is 298 g/mol. The molecule has 19 heavy (non-hydrogen) atoms. The molecule has 0 radical (unpaired) electrons. The molecule has 1 aromatic heterocycles. The van der Waals surface area contributed by atoms with Gasteiger partial charge in [0.25, 0.3) is 0 Å². The largest absolute Gasteiger partial charge is 0.342 e. The lowest BCUT2D eigenvalue weighted by Crippen LogP contribution is -2.28. The van der Waals surface area contributed by atoms with Gasteiger partial charge in [0.2, 0.25) is 5.91 Å². The predicted octanol–water partition coefficient (Wildman–Crippen LogP) is 2.54. The first-order valence-electron chi connectivity index (χ1n) is 6.90. The van der Waals surface area contributed by atoms with Gasteiger partial charge in [0.05, 0.1) is 0 Å². The van der Waals surface area contributed by atoms with Gasteiger partial charge in [-0.05, 0) is 36.6 Å². The van der Waals surface area contributed by atoms with Crippen LogP contribution in [0.1, 0.15) is 30.1 Å². The van der Waals surface area contributed by atoms with Crippen molar-refractivity contribution in [3.05, 3.63) is 22.4 Å². The van der Waals surface area contributed by atoms with Crippen molar-refractivity contribution in [2.24, 2.45) is 5.73 Å². The minimum absolute atomic E-state index is 0.319. The number of amides is 1. The summed E-state index contributed by atoms with van der Waals surface area (Å²) < 4.78 is 0. The second-order valence-electron chi connectivity index (χ2n) is 4.85. The van der Waals surface area contributed by atoms with E-state index in [9.17, 15) is 4.79 Å². The lowest BCUT2D eigenvalue weighted by molar-refractivity contribution is -0.129. The van der Waals surface area contributed by atoms with Gasteiger partial charge < -0.3 is 10.6 Å². The van der Waals surface area contributed by atoms with Gasteiger partial charge in [0.15, 0.2) is 0 Å². The fraction of sp³-hybridized carbons (Fsp3) is 0.643. The fourth-order valence-electron chi connectivity index (χ4n) is 2.35. The van der Waals surface area contributed by atoms with Crippen LogP contribution in [0.5, 0.6) is 0 Å². The highest BCUT2D eigenvalue weighted by atomic mass is 32.2. The lowest BCUT2D eigenvalue weighted by atomic mass is 10.1. The zero-order valence-corrected chi connectivity index (χ0v) is 12.8. The number of hydrogen-bond acceptors (Lipinski definition) is 4. The molecular formula is C14H22N2OS2. The Kier molecular flexibility index (Phi) is 6.20. The molecule has 1 aliphatic heterocycles. The quantitative estimate of drug-likeness (QED) is 0.787. The van der Waals surface area contributed by atoms with Crippen molar-refractivity contribution in [1.82, 2.24) is 4.90 Å². The SMILES string of the molecule is NCCCSCCC(=O)N1CCC(c2cccs2)C1. The number of thiophene rings is 1. The van der Waals surface area contributed by atoms with Gasteiger partial charge in [0, 0.05) is 36.1 Å². The van der Waals surface area contributed by atoms with E-state index in [-0.39, 0.29) is 0 Å². The Labute approximate surface area is 123 Å². The predicted molar refractivity (Wildman–Crippen MR) is 83.9 cm³/mol. The van der Waals surface area contributed by atoms with Crippen molar-refractivity contribution in [3.8, 4) is 0 Å². The Balaban J connectivity index is 1.67. The number of carbonyl (C=O) groups is 1. The molecule has 0 bridgehead atoms. The van der Waals surface area contributed by atoms with Gasteiger partial charge in [-0.25, -0.2) is 0 Å². The molecule has 5 heteroatoms. The smallest absolute Gasteiger partial charge is 0.223 e. The summed E-state index contributed by atoms with van der Waals surface area (Å²) in [7, 11) is 0. The Hall–Kier alpha value is -0.520. The van der Waals surface area contributed by atoms with E-state index in [1.54, 1.807) is 11.3 Å². The van der Waals surface area contributed by atoms with E-state index in [2.05, 4.69) is 17.5 Å². The van der Waals surface area contributed by atoms with Crippen molar-refractivity contribution in [1.29, 1.82) is 0 Å². The van der Waals surface area contributed by atoms with E-state index >= 15 is 0 Å². The van der Waals surface area contributed by atoms with Crippen molar-refractivity contribution in [2.75, 3.05) is 31.1 Å². The summed E-state index contributed by atoms with van der Waals surface area (Å²) in [5, 5.41) is 2.12. The van der Waals surface area contributed by atoms with Crippen LogP contribution in [-0.4, -0.2) is 41.9 Å². The van der Waals surface area contributed by atoms with Crippen LogP contribution in [0.15, 0.2) is 17.5 Å². The van der Waals surface area contributed by atoms with Crippen LogP contribution in [-0.2, 0) is 4.79 Å². The van der Waals surface area contributed by atoms with Crippen LogP contribution in [0.4, 0.5) is 0 Å². The number of nitrogens with two attached hydrogens (primary N) is 1. The van der Waals surface area contributed by atoms with Crippen LogP contribution in [0, 0.1) is 0 Å². The maximum absolute atomic E-state index is 12.1. The van der Waals surface area contributed by atoms with E-state index in [1.807, 2.05) is 16.7 Å². The van der Waals surface area contributed by atoms with E-state index in [4.69, 9.17) is 5.73 Å². The summed E-state index contributed by atoms with van der Waals surface area (Å²) in [5.41, 5.74) is 5.44. The first kappa shape index (κ1) is 14.9. The maximum Gasteiger partial charge on any atom is 0.223 e. The number of likely N-dealkylation sites (tertiary alicyclic amines) is 1. The minimum atomic E-state index is 0.319. The summed E-state index contributed by atoms with van der Waals surface area (Å²) in [4.78, 5) is 15.5. The third-order valence-corrected chi connectivity index (χ3v) is 5.54. The number of thioether (sulfide) groups is 1. The molecule has 1 atom stereocenters. The molecule has 1 amide bonds. The van der Waals surface area contributed by atoms with E-state index in [0.29, 0.717) is 18.2 Å². The lowest BCUT2D eigenvalue weighted by Gasteiger charge is -2.16. The van der Waals surface area contributed by atoms with Gasteiger partial charge in [-0.1, -0.05) is 6.07 Å². The maximum atomic E-state index is 12.1. The number of rotatable bonds is 7. The molecular weight excluding hydrogens is 276 g/mol. The summed E-state index contributed by atoms with van der Waals surface area (Å²) in [5.74, 6) is 2.88. The highest BCUT2D eigenvalue weighted by molar-refractivity contribution is 7.99. The second-order valence-corrected chi connectivity index (χ2v) is 7.05. The fourth-order valence-corrected chi connectivity index (χ4v) is 4.10. The Morgan fingerprint density at radius 2 is 2.42 bits per heavy atom. The first-order chi connectivity index (χ1) is 9.31. The number of hydrogen-bond donors (Lipinski definition) is 1. The van der Waals surface area contributed by atoms with Crippen LogP contribution in [0.2, 0.25) is 0 Å². The molecule has 0 saturated carbocycles. The van der Waals surface area contributed by atoms with Crippen LogP contribution < -0.4 is 5.73 Å². The van der Waals surface area contributed by atoms with Gasteiger partial charge >= 0.3 is 0 Å². The minimum Gasteiger partial charge on any atom is -0.342 e. The standard InChI is InChI=1S/C14H22N2OS2/c15-6-2-8-18-10-5-14(17)16-7-4-12(11-16)13-3-1-9-19-13/h1,3,9,12H,2,4-8,10-11,15H2. The third-order valence-electron chi connectivity index (χ3n) is 3.44. The molecule has 106 valence electrons. The van der Waals surface area contributed by atoms with Crippen LogP contribution in [0.25, 0.3) is 0 Å². The first-order valence-corrected chi connectivity index (χ1v) is 8.93. The van der Waals surface area contributed by atoms with Gasteiger partial charge in [0.1, 0.15) is 0 Å². The highest BCUT2D eigenvalue weighted by Gasteiger charge is 2.27. The molecule has 2 rings (SSSR count). The molecule has 1 aliphatic rings. The molecule has 3 nitrogen and oxygen atoms in total. The highest BCUT2D eigenvalue weighted by Crippen LogP contribution is 2.30. The Morgan fingerprint density at radius 1 is 1.53 bits per heavy atom. The van der Waals surface area contributed by atoms with E-state index < -0.39 is 0 Å². The monoisotopic (exact) mass is 298 g/mol. The van der Waals surface area contributed by atoms with Gasteiger partial charge in [-0.2, -0.15) is 11.8 Å². The molecule has 1 unspecified atom stereocenters. The topological polar surface area (TPSA) is 46.3 Å². The summed E-state index contributed by atoms with van der Waals surface area (Å²) in [6, 6.07) is 4.28. The van der Waals surface area contributed by atoms with Crippen LogP contribution in [0.3, 0.4) is 0 Å². The summed E-state index contributed by atoms with van der Waals surface area (Å²) in [6.07, 6.45) is 2.84. The zero-order chi connectivity index (χ0) is 13.5. The molecule has 0 spiro atoms.